The number of hydrogen-bond acceptors (Lipinski definition) is 2. The number of Topliss-reactive ketones (excluding diaryl/α,β-unsaturated/α-hetero) is 1. The monoisotopic (exact) mass is 274 g/mol. The summed E-state index contributed by atoms with van der Waals surface area (Å²) in [5.41, 5.74) is 3.42. The van der Waals surface area contributed by atoms with E-state index in [4.69, 9.17) is 4.42 Å². The summed E-state index contributed by atoms with van der Waals surface area (Å²) in [4.78, 5) is 12.7. The number of aryl methyl sites for hydroxylation is 1. The number of allylic oxidation sites excluding steroid dienone is 2. The Morgan fingerprint density at radius 1 is 0.952 bits per heavy atom. The third-order valence-electron chi connectivity index (χ3n) is 3.97. The van der Waals surface area contributed by atoms with Crippen molar-refractivity contribution in [2.75, 3.05) is 0 Å². The zero-order valence-corrected chi connectivity index (χ0v) is 11.5. The second kappa shape index (κ2) is 4.74. The molecular weight excluding hydrogens is 260 g/mol. The minimum Gasteiger partial charge on any atom is -0.456 e. The quantitative estimate of drug-likeness (QED) is 0.637. The number of furan rings is 1. The van der Waals surface area contributed by atoms with E-state index < -0.39 is 0 Å². The van der Waals surface area contributed by atoms with Gasteiger partial charge in [0.15, 0.2) is 5.78 Å². The van der Waals surface area contributed by atoms with Crippen LogP contribution in [0.5, 0.6) is 0 Å². The molecule has 1 heterocycles. The van der Waals surface area contributed by atoms with Crippen LogP contribution in [0.25, 0.3) is 16.5 Å². The van der Waals surface area contributed by atoms with E-state index in [-0.39, 0.29) is 5.78 Å². The Kier molecular flexibility index (Phi) is 2.74. The normalized spacial score (nSPS) is 13.8. The molecule has 102 valence electrons. The molecule has 0 saturated heterocycles. The summed E-state index contributed by atoms with van der Waals surface area (Å²) in [6, 6.07) is 17.4. The summed E-state index contributed by atoms with van der Waals surface area (Å²) in [5, 5.41) is 1.12. The molecule has 0 saturated carbocycles. The first kappa shape index (κ1) is 12.2. The molecule has 3 aromatic rings. The maximum atomic E-state index is 12.7. The molecule has 0 unspecified atom stereocenters. The SMILES string of the molecule is O=C(C1=CCCc2c1oc1ccccc21)c1ccccc1. The molecule has 21 heavy (non-hydrogen) atoms. The fraction of sp³-hybridized carbons (Fsp3) is 0.105. The molecule has 2 heteroatoms. The van der Waals surface area contributed by atoms with Crippen LogP contribution in [0.4, 0.5) is 0 Å². The van der Waals surface area contributed by atoms with Crippen molar-refractivity contribution in [2.45, 2.75) is 12.8 Å². The first-order valence-corrected chi connectivity index (χ1v) is 7.15. The molecule has 0 aliphatic heterocycles. The van der Waals surface area contributed by atoms with E-state index in [0.717, 1.165) is 35.1 Å². The fourth-order valence-corrected chi connectivity index (χ4v) is 2.96. The van der Waals surface area contributed by atoms with E-state index in [1.807, 2.05) is 54.6 Å². The minimum absolute atomic E-state index is 0.0376. The van der Waals surface area contributed by atoms with Crippen molar-refractivity contribution in [3.05, 3.63) is 77.6 Å². The Labute approximate surface area is 122 Å². The van der Waals surface area contributed by atoms with Crippen LogP contribution in [-0.4, -0.2) is 5.78 Å². The maximum absolute atomic E-state index is 12.7. The second-order valence-electron chi connectivity index (χ2n) is 5.26. The van der Waals surface area contributed by atoms with Crippen molar-refractivity contribution < 1.29 is 9.21 Å². The van der Waals surface area contributed by atoms with Crippen LogP contribution in [-0.2, 0) is 6.42 Å². The smallest absolute Gasteiger partial charge is 0.196 e. The molecule has 4 rings (SSSR count). The lowest BCUT2D eigenvalue weighted by atomic mass is 9.91. The highest BCUT2D eigenvalue weighted by atomic mass is 16.3. The van der Waals surface area contributed by atoms with Crippen LogP contribution in [0.3, 0.4) is 0 Å². The number of carbonyl (C=O) groups excluding carboxylic acids is 1. The molecule has 2 nitrogen and oxygen atoms in total. The molecule has 0 bridgehead atoms. The molecule has 0 radical (unpaired) electrons. The van der Waals surface area contributed by atoms with Crippen LogP contribution in [0, 0.1) is 0 Å². The summed E-state index contributed by atoms with van der Waals surface area (Å²) < 4.78 is 5.96. The summed E-state index contributed by atoms with van der Waals surface area (Å²) in [5.74, 6) is 0.784. The fourth-order valence-electron chi connectivity index (χ4n) is 2.96. The predicted molar refractivity (Wildman–Crippen MR) is 83.3 cm³/mol. The number of benzene rings is 2. The lowest BCUT2D eigenvalue weighted by Gasteiger charge is -2.11. The molecule has 0 amide bonds. The Morgan fingerprint density at radius 3 is 2.57 bits per heavy atom. The predicted octanol–water partition coefficient (Wildman–Crippen LogP) is 4.65. The molecule has 0 spiro atoms. The minimum atomic E-state index is 0.0376. The lowest BCUT2D eigenvalue weighted by Crippen LogP contribution is -2.07. The van der Waals surface area contributed by atoms with Crippen LogP contribution < -0.4 is 0 Å². The van der Waals surface area contributed by atoms with Crippen molar-refractivity contribution in [3.8, 4) is 0 Å². The van der Waals surface area contributed by atoms with Crippen LogP contribution in [0.15, 0.2) is 65.1 Å². The number of fused-ring (bicyclic) bond motifs is 3. The lowest BCUT2D eigenvalue weighted by molar-refractivity contribution is 0.105. The molecule has 0 atom stereocenters. The molecule has 1 aromatic heterocycles. The van der Waals surface area contributed by atoms with E-state index in [1.54, 1.807) is 0 Å². The third kappa shape index (κ3) is 1.91. The summed E-state index contributed by atoms with van der Waals surface area (Å²) in [6.07, 6.45) is 3.81. The first-order valence-electron chi connectivity index (χ1n) is 7.15. The highest BCUT2D eigenvalue weighted by Gasteiger charge is 2.25. The van der Waals surface area contributed by atoms with E-state index in [9.17, 15) is 4.79 Å². The van der Waals surface area contributed by atoms with E-state index >= 15 is 0 Å². The van der Waals surface area contributed by atoms with Gasteiger partial charge in [0, 0.05) is 16.5 Å². The average molecular weight is 274 g/mol. The van der Waals surface area contributed by atoms with Gasteiger partial charge < -0.3 is 4.42 Å². The van der Waals surface area contributed by atoms with Crippen molar-refractivity contribution in [2.24, 2.45) is 0 Å². The molecule has 1 aliphatic carbocycles. The van der Waals surface area contributed by atoms with Gasteiger partial charge in [-0.15, -0.1) is 0 Å². The van der Waals surface area contributed by atoms with Crippen LogP contribution in [0.2, 0.25) is 0 Å². The third-order valence-corrected chi connectivity index (χ3v) is 3.97. The number of para-hydroxylation sites is 1. The molecule has 2 aromatic carbocycles. The number of carbonyl (C=O) groups is 1. The van der Waals surface area contributed by atoms with Gasteiger partial charge in [-0.1, -0.05) is 54.6 Å². The highest BCUT2D eigenvalue weighted by Crippen LogP contribution is 2.36. The van der Waals surface area contributed by atoms with Gasteiger partial charge in [0.2, 0.25) is 0 Å². The van der Waals surface area contributed by atoms with Gasteiger partial charge in [0.25, 0.3) is 0 Å². The zero-order valence-electron chi connectivity index (χ0n) is 11.5. The van der Waals surface area contributed by atoms with E-state index in [2.05, 4.69) is 6.07 Å². The molecule has 0 fully saturated rings. The maximum Gasteiger partial charge on any atom is 0.196 e. The number of ketones is 1. The second-order valence-corrected chi connectivity index (χ2v) is 5.26. The number of hydrogen-bond donors (Lipinski definition) is 0. The van der Waals surface area contributed by atoms with E-state index in [1.165, 1.54) is 0 Å². The Morgan fingerprint density at radius 2 is 1.71 bits per heavy atom. The van der Waals surface area contributed by atoms with Gasteiger partial charge in [-0.2, -0.15) is 0 Å². The van der Waals surface area contributed by atoms with Gasteiger partial charge in [0.1, 0.15) is 11.3 Å². The molecule has 1 aliphatic rings. The van der Waals surface area contributed by atoms with Crippen molar-refractivity contribution in [3.63, 3.8) is 0 Å². The number of rotatable bonds is 2. The van der Waals surface area contributed by atoms with Gasteiger partial charge in [-0.25, -0.2) is 0 Å². The van der Waals surface area contributed by atoms with Crippen LogP contribution >= 0.6 is 0 Å². The molecule has 0 N–H and O–H groups in total. The zero-order chi connectivity index (χ0) is 14.2. The highest BCUT2D eigenvalue weighted by molar-refractivity contribution is 6.29. The average Bonchev–Trinajstić information content (AvgIpc) is 2.94. The summed E-state index contributed by atoms with van der Waals surface area (Å²) >= 11 is 0. The van der Waals surface area contributed by atoms with Gasteiger partial charge in [0.05, 0.1) is 5.57 Å². The van der Waals surface area contributed by atoms with Gasteiger partial charge >= 0.3 is 0 Å². The van der Waals surface area contributed by atoms with Crippen molar-refractivity contribution >= 4 is 22.3 Å². The summed E-state index contributed by atoms with van der Waals surface area (Å²) in [6.45, 7) is 0. The summed E-state index contributed by atoms with van der Waals surface area (Å²) in [7, 11) is 0. The van der Waals surface area contributed by atoms with E-state index in [0.29, 0.717) is 11.1 Å². The standard InChI is InChI=1S/C19H14O2/c20-18(13-7-2-1-3-8-13)16-11-6-10-15-14-9-4-5-12-17(14)21-19(15)16/h1-5,7-9,11-12H,6,10H2. The van der Waals surface area contributed by atoms with Crippen molar-refractivity contribution in [1.82, 2.24) is 0 Å². The Bertz CT molecular complexity index is 854. The first-order chi connectivity index (χ1) is 10.3. The van der Waals surface area contributed by atoms with Crippen LogP contribution in [0.1, 0.15) is 28.1 Å². The van der Waals surface area contributed by atoms with Crippen molar-refractivity contribution in [1.29, 1.82) is 0 Å². The Balaban J connectivity index is 1.86. The molecular formula is C19H14O2. The van der Waals surface area contributed by atoms with Gasteiger partial charge in [-0.3, -0.25) is 4.79 Å². The Hall–Kier alpha value is -2.61. The largest absolute Gasteiger partial charge is 0.456 e. The topological polar surface area (TPSA) is 30.2 Å². The van der Waals surface area contributed by atoms with Gasteiger partial charge in [-0.05, 0) is 18.9 Å².